The highest BCUT2D eigenvalue weighted by Crippen LogP contribution is 2.38. The van der Waals surface area contributed by atoms with Crippen molar-refractivity contribution in [2.45, 2.75) is 251 Å². The highest BCUT2D eigenvalue weighted by molar-refractivity contribution is 7.45. The number of allylic oxidation sites excluding steroid dienone is 24. The second-order valence-corrected chi connectivity index (χ2v) is 23.8. The third-order valence-electron chi connectivity index (χ3n) is 13.3. The zero-order valence-electron chi connectivity index (χ0n) is 52.9. The molecule has 0 rings (SSSR count). The van der Waals surface area contributed by atoms with Crippen LogP contribution >= 0.6 is 7.82 Å². The molecule has 0 spiro atoms. The van der Waals surface area contributed by atoms with E-state index in [4.69, 9.17) is 18.5 Å². The van der Waals surface area contributed by atoms with Gasteiger partial charge in [-0.1, -0.05) is 256 Å². The molecule has 0 aliphatic heterocycles. The maximum Gasteiger partial charge on any atom is 0.306 e. The lowest BCUT2D eigenvalue weighted by Gasteiger charge is -2.28. The van der Waals surface area contributed by atoms with Gasteiger partial charge in [0.1, 0.15) is 19.8 Å². The number of ether oxygens (including phenoxy) is 2. The van der Waals surface area contributed by atoms with Crippen LogP contribution in [0.25, 0.3) is 0 Å². The second kappa shape index (κ2) is 61.5. The van der Waals surface area contributed by atoms with E-state index < -0.39 is 32.5 Å². The van der Waals surface area contributed by atoms with Crippen molar-refractivity contribution in [3.63, 3.8) is 0 Å². The van der Waals surface area contributed by atoms with Crippen molar-refractivity contribution in [2.75, 3.05) is 47.5 Å². The number of hydrogen-bond acceptors (Lipinski definition) is 8. The molecule has 466 valence electrons. The van der Waals surface area contributed by atoms with Gasteiger partial charge in [-0.25, -0.2) is 0 Å². The summed E-state index contributed by atoms with van der Waals surface area (Å²) in [4.78, 5) is 38.0. The Bertz CT molecular complexity index is 1890. The maximum absolute atomic E-state index is 12.8. The molecule has 0 amide bonds. The molecule has 0 saturated carbocycles. The van der Waals surface area contributed by atoms with Gasteiger partial charge in [0.25, 0.3) is 7.82 Å². The number of phosphoric ester groups is 1. The van der Waals surface area contributed by atoms with Crippen LogP contribution in [0.4, 0.5) is 0 Å². The fourth-order valence-electron chi connectivity index (χ4n) is 8.36. The molecular weight excluding hydrogens is 1040 g/mol. The predicted molar refractivity (Wildman–Crippen MR) is 350 cm³/mol. The van der Waals surface area contributed by atoms with Gasteiger partial charge in [0, 0.05) is 12.8 Å². The highest BCUT2D eigenvalue weighted by atomic mass is 31.2. The number of phosphoric acid groups is 1. The zero-order valence-corrected chi connectivity index (χ0v) is 53.8. The monoisotopic (exact) mass is 1160 g/mol. The number of hydrogen-bond donors (Lipinski definition) is 0. The molecule has 0 aliphatic rings. The first-order chi connectivity index (χ1) is 40.0. The molecule has 0 aromatic heterocycles. The third kappa shape index (κ3) is 65.0. The Morgan fingerprint density at radius 1 is 0.390 bits per heavy atom. The summed E-state index contributed by atoms with van der Waals surface area (Å²) >= 11 is 0. The summed E-state index contributed by atoms with van der Waals surface area (Å²) in [6.07, 6.45) is 90.5. The van der Waals surface area contributed by atoms with Gasteiger partial charge in [-0.15, -0.1) is 0 Å². The topological polar surface area (TPSA) is 111 Å². The summed E-state index contributed by atoms with van der Waals surface area (Å²) in [7, 11) is 1.12. The number of quaternary nitrogens is 1. The minimum atomic E-state index is -4.66. The lowest BCUT2D eigenvalue weighted by Crippen LogP contribution is -2.37. The molecule has 0 aromatic carbocycles. The number of nitrogens with zero attached hydrogens (tertiary/aromatic N) is 1. The molecule has 0 heterocycles. The van der Waals surface area contributed by atoms with Gasteiger partial charge in [0.15, 0.2) is 6.10 Å². The number of likely N-dealkylation sites (N-methyl/N-ethyl adjacent to an activating group) is 1. The van der Waals surface area contributed by atoms with Crippen LogP contribution in [0, 0.1) is 0 Å². The van der Waals surface area contributed by atoms with E-state index in [1.54, 1.807) is 0 Å². The van der Waals surface area contributed by atoms with Crippen molar-refractivity contribution in [3.8, 4) is 0 Å². The van der Waals surface area contributed by atoms with Crippen LogP contribution in [0.1, 0.15) is 245 Å². The van der Waals surface area contributed by atoms with Gasteiger partial charge in [-0.3, -0.25) is 14.2 Å². The van der Waals surface area contributed by atoms with Crippen LogP contribution in [0.3, 0.4) is 0 Å². The van der Waals surface area contributed by atoms with Gasteiger partial charge in [0.2, 0.25) is 0 Å². The molecule has 0 bridgehead atoms. The Hall–Kier alpha value is -4.11. The molecule has 10 heteroatoms. The standard InChI is InChI=1S/C72H120NO8P/c1-6-8-10-12-14-16-18-20-22-24-26-28-30-32-34-35-36-37-39-41-43-45-47-49-51-53-55-57-59-61-63-65-72(75)81-70(69-80-82(76,77)79-67-66-73(3,4)5)68-78-71(74)64-62-60-58-56-54-52-50-48-46-44-42-40-38-33-31-29-27-25-23-21-19-17-15-13-11-9-7-2/h8,10,14,16,19-22,25-28,31-34,36-37,41,43,47,49,53,55,70H,6-7,9,11-13,15,17-18,23-24,29-30,35,38-40,42,44-46,48,50-52,54,56-69H2,1-5H3/b10-8-,16-14-,21-19-,22-20-,27-25-,28-26-,33-31-,34-32-,37-36-,43-41-,49-47-,55-53-. The summed E-state index contributed by atoms with van der Waals surface area (Å²) < 4.78 is 34.2. The van der Waals surface area contributed by atoms with Gasteiger partial charge in [-0.05, 0) is 122 Å². The summed E-state index contributed by atoms with van der Waals surface area (Å²) in [6, 6.07) is 0. The van der Waals surface area contributed by atoms with Crippen molar-refractivity contribution in [1.29, 1.82) is 0 Å². The Morgan fingerprint density at radius 2 is 0.695 bits per heavy atom. The number of rotatable bonds is 58. The summed E-state index contributed by atoms with van der Waals surface area (Å²) in [6.45, 7) is 4.06. The first-order valence-corrected chi connectivity index (χ1v) is 34.0. The Kier molecular flexibility index (Phi) is 58.4. The maximum atomic E-state index is 12.8. The molecule has 0 aliphatic carbocycles. The SMILES string of the molecule is CC/C=C\C/C=C\C/C=C\C/C=C\C/C=C\C/C=C\C/C=C\C/C=C\C/C=C\CCCCCC(=O)OC(COC(=O)CCCCCCCCCCCCCC/C=C\C/C=C\C/C=C\CCCCCCC)COP(=O)([O-])OCC[N+](C)(C)C. The average Bonchev–Trinajstić information content (AvgIpc) is 3.46. The normalized spacial score (nSPS) is 14.2. The number of carbonyl (C=O) groups is 2. The Balaban J connectivity index is 4.24. The third-order valence-corrected chi connectivity index (χ3v) is 14.3. The van der Waals surface area contributed by atoms with Crippen molar-refractivity contribution in [1.82, 2.24) is 0 Å². The molecule has 2 unspecified atom stereocenters. The molecule has 9 nitrogen and oxygen atoms in total. The van der Waals surface area contributed by atoms with Gasteiger partial charge < -0.3 is 27.9 Å². The lowest BCUT2D eigenvalue weighted by molar-refractivity contribution is -0.870. The van der Waals surface area contributed by atoms with Crippen molar-refractivity contribution in [2.24, 2.45) is 0 Å². The predicted octanol–water partition coefficient (Wildman–Crippen LogP) is 20.4. The summed E-state index contributed by atoms with van der Waals surface area (Å²) in [5.41, 5.74) is 0. The molecular formula is C72H120NO8P. The molecule has 0 fully saturated rings. The van der Waals surface area contributed by atoms with E-state index in [1.165, 1.54) is 96.3 Å². The van der Waals surface area contributed by atoms with Crippen molar-refractivity contribution in [3.05, 3.63) is 146 Å². The summed E-state index contributed by atoms with van der Waals surface area (Å²) in [5, 5.41) is 0. The summed E-state index contributed by atoms with van der Waals surface area (Å²) in [5.74, 6) is -0.882. The van der Waals surface area contributed by atoms with E-state index in [2.05, 4.69) is 160 Å². The van der Waals surface area contributed by atoms with Gasteiger partial charge >= 0.3 is 11.9 Å². The second-order valence-electron chi connectivity index (χ2n) is 22.4. The number of carbonyl (C=O) groups excluding carboxylic acids is 2. The van der Waals surface area contributed by atoms with Crippen molar-refractivity contribution >= 4 is 19.8 Å². The van der Waals surface area contributed by atoms with E-state index >= 15 is 0 Å². The average molecular weight is 1160 g/mol. The fraction of sp³-hybridized carbons (Fsp3) is 0.639. The van der Waals surface area contributed by atoms with Crippen LogP contribution in [0.2, 0.25) is 0 Å². The molecule has 2 atom stereocenters. The van der Waals surface area contributed by atoms with Crippen LogP contribution in [0.15, 0.2) is 146 Å². The van der Waals surface area contributed by atoms with Crippen LogP contribution in [-0.2, 0) is 32.7 Å². The molecule has 82 heavy (non-hydrogen) atoms. The van der Waals surface area contributed by atoms with Crippen molar-refractivity contribution < 1.29 is 42.1 Å². The van der Waals surface area contributed by atoms with E-state index in [1.807, 2.05) is 21.1 Å². The molecule has 0 saturated heterocycles. The first-order valence-electron chi connectivity index (χ1n) is 32.5. The minimum absolute atomic E-state index is 0.0460. The van der Waals surface area contributed by atoms with Gasteiger partial charge in [-0.2, -0.15) is 0 Å². The smallest absolute Gasteiger partial charge is 0.306 e. The fourth-order valence-corrected chi connectivity index (χ4v) is 9.09. The lowest BCUT2D eigenvalue weighted by atomic mass is 10.0. The number of esters is 2. The van der Waals surface area contributed by atoms with E-state index in [0.717, 1.165) is 116 Å². The van der Waals surface area contributed by atoms with Crippen LogP contribution in [0.5, 0.6) is 0 Å². The molecule has 0 aromatic rings. The van der Waals surface area contributed by atoms with Gasteiger partial charge in [0.05, 0.1) is 27.7 Å². The van der Waals surface area contributed by atoms with E-state index in [-0.39, 0.29) is 26.1 Å². The highest BCUT2D eigenvalue weighted by Gasteiger charge is 2.22. The Labute approximate surface area is 503 Å². The first kappa shape index (κ1) is 77.9. The molecule has 0 N–H and O–H groups in total. The van der Waals surface area contributed by atoms with E-state index in [0.29, 0.717) is 17.4 Å². The number of unbranched alkanes of at least 4 members (excludes halogenated alkanes) is 20. The quantitative estimate of drug-likeness (QED) is 0.0195. The van der Waals surface area contributed by atoms with Crippen LogP contribution < -0.4 is 4.89 Å². The zero-order chi connectivity index (χ0) is 59.8. The van der Waals surface area contributed by atoms with E-state index in [9.17, 15) is 19.0 Å². The molecule has 0 radical (unpaired) electrons. The Morgan fingerprint density at radius 3 is 1.05 bits per heavy atom. The van der Waals surface area contributed by atoms with Crippen LogP contribution in [-0.4, -0.2) is 70.0 Å². The minimum Gasteiger partial charge on any atom is -0.756 e. The largest absolute Gasteiger partial charge is 0.756 e.